The normalized spacial score (nSPS) is 16.5. The molecule has 3 heteroatoms. The maximum atomic E-state index is 9.31. The molecule has 2 atom stereocenters. The van der Waals surface area contributed by atoms with Crippen LogP contribution in [0.5, 0.6) is 0 Å². The Kier molecular flexibility index (Phi) is 8.44. The summed E-state index contributed by atoms with van der Waals surface area (Å²) in [6.07, 6.45) is 4.86. The van der Waals surface area contributed by atoms with Gasteiger partial charge in [0.25, 0.3) is 0 Å². The van der Waals surface area contributed by atoms with Crippen molar-refractivity contribution < 1.29 is 15.9 Å². The summed E-state index contributed by atoms with van der Waals surface area (Å²) >= 11 is -5.78. The summed E-state index contributed by atoms with van der Waals surface area (Å²) in [6, 6.07) is 71.4. The molecule has 64 heavy (non-hydrogen) atoms. The summed E-state index contributed by atoms with van der Waals surface area (Å²) in [5.41, 5.74) is 17.0. The van der Waals surface area contributed by atoms with Crippen LogP contribution >= 0.6 is 17.0 Å². The van der Waals surface area contributed by atoms with Crippen LogP contribution in [0.4, 0.5) is 0 Å². The molecular weight excluding hydrogens is 895 g/mol. The average molecular weight is 937 g/mol. The number of allylic oxidation sites excluding steroid dienone is 2. The number of fused-ring (bicyclic) bond motifs is 11. The first-order valence-corrected chi connectivity index (χ1v) is 32.8. The van der Waals surface area contributed by atoms with Gasteiger partial charge in [0.1, 0.15) is 0 Å². The molecule has 0 N–H and O–H groups in total. The van der Waals surface area contributed by atoms with Gasteiger partial charge in [-0.15, -0.1) is 0 Å². The van der Waals surface area contributed by atoms with Gasteiger partial charge in [-0.25, -0.2) is 0 Å². The molecule has 0 bridgehead atoms. The number of hydrogen-bond acceptors (Lipinski definition) is 0. The molecule has 304 valence electrons. The SMILES string of the molecule is CC1=Cc2c(-c3cc4ccccc4c4ccccc34)cccc2[CH]1[Zr]([Cl])([Cl])(=[C]1c2ccccc2-c2ccccc21)[CH]1C(C)=Cc2c(-c3cc4ccccc4c4ccccc34)cccc21. The monoisotopic (exact) mass is 934 g/mol. The van der Waals surface area contributed by atoms with Crippen LogP contribution in [0.1, 0.15) is 54.5 Å². The van der Waals surface area contributed by atoms with Gasteiger partial charge in [0.05, 0.1) is 0 Å². The first kappa shape index (κ1) is 38.5. The van der Waals surface area contributed by atoms with E-state index in [9.17, 15) is 17.0 Å². The molecule has 0 heterocycles. The number of hydrogen-bond donors (Lipinski definition) is 0. The van der Waals surface area contributed by atoms with Gasteiger partial charge in [-0.3, -0.25) is 0 Å². The predicted molar refractivity (Wildman–Crippen MR) is 273 cm³/mol. The van der Waals surface area contributed by atoms with Crippen molar-refractivity contribution in [3.05, 3.63) is 239 Å². The Hall–Kier alpha value is -5.95. The summed E-state index contributed by atoms with van der Waals surface area (Å²) in [4.78, 5) is 0. The van der Waals surface area contributed by atoms with Crippen molar-refractivity contribution in [1.82, 2.24) is 0 Å². The van der Waals surface area contributed by atoms with Crippen LogP contribution in [0.2, 0.25) is 0 Å². The summed E-state index contributed by atoms with van der Waals surface area (Å²) in [6.45, 7) is 4.59. The zero-order valence-corrected chi connectivity index (χ0v) is 39.5. The van der Waals surface area contributed by atoms with Crippen LogP contribution in [0.15, 0.2) is 205 Å². The topological polar surface area (TPSA) is 0 Å². The van der Waals surface area contributed by atoms with Gasteiger partial charge in [0, 0.05) is 0 Å². The minimum atomic E-state index is -5.78. The van der Waals surface area contributed by atoms with Crippen LogP contribution in [0.3, 0.4) is 0 Å². The zero-order chi connectivity index (χ0) is 42.9. The summed E-state index contributed by atoms with van der Waals surface area (Å²) in [5, 5.41) is 10.0. The molecule has 10 aromatic carbocycles. The van der Waals surface area contributed by atoms with Gasteiger partial charge in [-0.05, 0) is 0 Å². The third kappa shape index (κ3) is 5.24. The molecule has 3 aliphatic rings. The standard InChI is InChI=1S/2C24H17.C13H8.2ClH.Zr/c2*1-16-13-17-8-6-12-22(23(17)14-16)24-15-18-7-2-3-9-19(18)20-10-4-5-11-21(20)24;1-3-7-12-10(5-1)9-11-6-2-4-8-13(11)12;;;/h2*2-15H,1H3;1-8H;2*1H;/q;;;;;+2/p-2. The van der Waals surface area contributed by atoms with E-state index in [1.807, 2.05) is 0 Å². The Balaban J connectivity index is 1.12. The molecular formula is C61H42Cl2Zr. The summed E-state index contributed by atoms with van der Waals surface area (Å²) < 4.78 is 0.769. The third-order valence-electron chi connectivity index (χ3n) is 14.9. The molecule has 0 saturated carbocycles. The van der Waals surface area contributed by atoms with Gasteiger partial charge in [0.15, 0.2) is 0 Å². The quantitative estimate of drug-likeness (QED) is 0.154. The Morgan fingerprint density at radius 3 is 1.11 bits per heavy atom. The molecule has 10 aromatic rings. The van der Waals surface area contributed by atoms with Crippen molar-refractivity contribution in [2.75, 3.05) is 0 Å². The molecule has 3 aliphatic carbocycles. The van der Waals surface area contributed by atoms with Crippen molar-refractivity contribution in [3.8, 4) is 33.4 Å². The van der Waals surface area contributed by atoms with Crippen LogP contribution in [0.25, 0.3) is 88.6 Å². The van der Waals surface area contributed by atoms with E-state index in [0.29, 0.717) is 0 Å². The molecule has 13 rings (SSSR count). The second-order valence-electron chi connectivity index (χ2n) is 18.3. The first-order valence-electron chi connectivity index (χ1n) is 22.4. The number of rotatable bonds is 4. The van der Waals surface area contributed by atoms with Crippen molar-refractivity contribution in [2.24, 2.45) is 0 Å². The minimum absolute atomic E-state index is 0.204. The third-order valence-corrected chi connectivity index (χ3v) is 34.9. The molecule has 0 aliphatic heterocycles. The number of benzene rings is 10. The molecule has 0 nitrogen and oxygen atoms in total. The number of halogens is 2. The first-order chi connectivity index (χ1) is 31.3. The van der Waals surface area contributed by atoms with Gasteiger partial charge >= 0.3 is 385 Å². The van der Waals surface area contributed by atoms with Crippen LogP contribution < -0.4 is 0 Å². The molecule has 0 spiro atoms. The van der Waals surface area contributed by atoms with Gasteiger partial charge in [-0.2, -0.15) is 0 Å². The zero-order valence-electron chi connectivity index (χ0n) is 35.5. The fraction of sp³-hybridized carbons (Fsp3) is 0.0656. The predicted octanol–water partition coefficient (Wildman–Crippen LogP) is 17.5. The molecule has 0 amide bonds. The summed E-state index contributed by atoms with van der Waals surface area (Å²) in [7, 11) is 18.6. The molecule has 0 saturated heterocycles. The Bertz CT molecular complexity index is 3590. The molecule has 0 aromatic heterocycles. The van der Waals surface area contributed by atoms with E-state index < -0.39 is 15.9 Å². The van der Waals surface area contributed by atoms with Crippen LogP contribution in [-0.2, 0) is 15.9 Å². The average Bonchev–Trinajstić information content (AvgIpc) is 4.00. The van der Waals surface area contributed by atoms with E-state index in [2.05, 4.69) is 220 Å². The van der Waals surface area contributed by atoms with E-state index in [0.717, 1.165) is 0 Å². The second-order valence-corrected chi connectivity index (χ2v) is 38.8. The summed E-state index contributed by atoms with van der Waals surface area (Å²) in [5.74, 6) is 0. The van der Waals surface area contributed by atoms with Crippen LogP contribution in [0, 0.1) is 0 Å². The van der Waals surface area contributed by atoms with Crippen LogP contribution in [-0.4, -0.2) is 3.21 Å². The van der Waals surface area contributed by atoms with E-state index in [-0.39, 0.29) is 7.25 Å². The van der Waals surface area contributed by atoms with E-state index in [1.54, 1.807) is 0 Å². The van der Waals surface area contributed by atoms with E-state index >= 15 is 0 Å². The van der Waals surface area contributed by atoms with Crippen molar-refractivity contribution >= 4 is 75.5 Å². The van der Waals surface area contributed by atoms with Crippen molar-refractivity contribution in [1.29, 1.82) is 0 Å². The van der Waals surface area contributed by atoms with Gasteiger partial charge < -0.3 is 0 Å². The Morgan fingerprint density at radius 2 is 0.672 bits per heavy atom. The fourth-order valence-corrected chi connectivity index (χ4v) is 36.2. The Morgan fingerprint density at radius 1 is 0.328 bits per heavy atom. The molecule has 0 radical (unpaired) electrons. The van der Waals surface area contributed by atoms with Crippen molar-refractivity contribution in [2.45, 2.75) is 21.1 Å². The van der Waals surface area contributed by atoms with Crippen molar-refractivity contribution in [3.63, 3.8) is 0 Å². The van der Waals surface area contributed by atoms with E-state index in [1.165, 1.54) is 124 Å². The van der Waals surface area contributed by atoms with E-state index in [4.69, 9.17) is 0 Å². The van der Waals surface area contributed by atoms with Gasteiger partial charge in [-0.1, -0.05) is 0 Å². The fourth-order valence-electron chi connectivity index (χ4n) is 12.5. The van der Waals surface area contributed by atoms with Gasteiger partial charge in [0.2, 0.25) is 0 Å². The second kappa shape index (κ2) is 14.0. The molecule has 2 unspecified atom stereocenters. The Labute approximate surface area is 381 Å². The maximum absolute atomic E-state index is 9.31. The molecule has 0 fully saturated rings.